The highest BCUT2D eigenvalue weighted by Crippen LogP contribution is 2.32. The average Bonchev–Trinajstić information content (AvgIpc) is 3.37. The van der Waals surface area contributed by atoms with Gasteiger partial charge in [-0.25, -0.2) is 0 Å². The first-order valence-electron chi connectivity index (χ1n) is 11.4. The molecule has 0 atom stereocenters. The molecule has 0 bridgehead atoms. The van der Waals surface area contributed by atoms with E-state index in [0.717, 1.165) is 38.2 Å². The number of aromatic nitrogens is 1. The van der Waals surface area contributed by atoms with Crippen molar-refractivity contribution in [2.45, 2.75) is 25.7 Å². The maximum atomic E-state index is 13.1. The average molecular weight is 476 g/mol. The zero-order valence-corrected chi connectivity index (χ0v) is 18.9. The first-order valence-corrected chi connectivity index (χ1v) is 11.4. The number of carbonyl (C=O) groups excluding carboxylic acids is 1. The van der Waals surface area contributed by atoms with Crippen LogP contribution >= 0.6 is 0 Å². The second-order valence-electron chi connectivity index (χ2n) is 8.71. The molecule has 0 saturated carbocycles. The molecule has 1 amide bonds. The van der Waals surface area contributed by atoms with Gasteiger partial charge in [0.2, 0.25) is 0 Å². The van der Waals surface area contributed by atoms with Crippen molar-refractivity contribution in [3.8, 4) is 11.1 Å². The number of amides is 1. The summed E-state index contributed by atoms with van der Waals surface area (Å²) in [5.41, 5.74) is 5.16. The van der Waals surface area contributed by atoms with Crippen LogP contribution in [0, 0.1) is 0 Å². The number of rotatable bonds is 5. The number of hydrogen-bond acceptors (Lipinski definition) is 2. The van der Waals surface area contributed by atoms with E-state index >= 15 is 0 Å². The highest BCUT2D eigenvalue weighted by molar-refractivity contribution is 6.08. The first-order chi connectivity index (χ1) is 16.9. The molecular weight excluding hydrogens is 451 g/mol. The van der Waals surface area contributed by atoms with Crippen molar-refractivity contribution in [3.05, 3.63) is 113 Å². The van der Waals surface area contributed by atoms with E-state index in [4.69, 9.17) is 0 Å². The summed E-state index contributed by atoms with van der Waals surface area (Å²) >= 11 is 0. The van der Waals surface area contributed by atoms with Crippen LogP contribution in [-0.4, -0.2) is 22.3 Å². The van der Waals surface area contributed by atoms with Crippen molar-refractivity contribution in [1.82, 2.24) is 9.88 Å². The molecule has 0 saturated heterocycles. The predicted octanol–water partition coefficient (Wildman–Crippen LogP) is 6.51. The Bertz CT molecular complexity index is 1330. The Morgan fingerprint density at radius 3 is 2.49 bits per heavy atom. The van der Waals surface area contributed by atoms with Crippen LogP contribution in [-0.2, 0) is 25.7 Å². The van der Waals surface area contributed by atoms with E-state index in [9.17, 15) is 18.0 Å². The van der Waals surface area contributed by atoms with E-state index in [1.807, 2.05) is 30.5 Å². The standard InChI is InChI=1S/C28H24F3N3O/c29-28(30,31)22-10-7-19(8-11-22)25-5-1-2-6-26(25)27(35)33-23-12-9-21-17-34(15-13-20(21)16-23)18-24-4-3-14-32-24/h1-12,14,16,32H,13,15,17-18H2,(H,33,35). The molecule has 0 aliphatic carbocycles. The number of alkyl halides is 3. The molecule has 4 aromatic rings. The molecule has 178 valence electrons. The lowest BCUT2D eigenvalue weighted by Crippen LogP contribution is -2.30. The van der Waals surface area contributed by atoms with Gasteiger partial charge in [0.15, 0.2) is 0 Å². The summed E-state index contributed by atoms with van der Waals surface area (Å²) in [6.45, 7) is 2.64. The van der Waals surface area contributed by atoms with Crippen LogP contribution < -0.4 is 5.32 Å². The Kier molecular flexibility index (Phi) is 6.17. The lowest BCUT2D eigenvalue weighted by atomic mass is 9.97. The van der Waals surface area contributed by atoms with Crippen LogP contribution in [0.4, 0.5) is 18.9 Å². The summed E-state index contributed by atoms with van der Waals surface area (Å²) in [7, 11) is 0. The summed E-state index contributed by atoms with van der Waals surface area (Å²) in [5, 5.41) is 2.96. The molecule has 3 aromatic carbocycles. The second kappa shape index (κ2) is 9.43. The third kappa shape index (κ3) is 5.15. The van der Waals surface area contributed by atoms with Crippen molar-refractivity contribution in [3.63, 3.8) is 0 Å². The summed E-state index contributed by atoms with van der Waals surface area (Å²) in [4.78, 5) is 18.8. The third-order valence-electron chi connectivity index (χ3n) is 6.31. The monoisotopic (exact) mass is 475 g/mol. The number of nitrogens with zero attached hydrogens (tertiary/aromatic N) is 1. The van der Waals surface area contributed by atoms with Gasteiger partial charge in [-0.3, -0.25) is 9.69 Å². The first kappa shape index (κ1) is 22.9. The second-order valence-corrected chi connectivity index (χ2v) is 8.71. The molecule has 1 aromatic heterocycles. The number of nitrogens with one attached hydrogen (secondary N) is 2. The van der Waals surface area contributed by atoms with E-state index in [-0.39, 0.29) is 5.91 Å². The molecule has 7 heteroatoms. The molecule has 2 heterocycles. The van der Waals surface area contributed by atoms with Gasteiger partial charge < -0.3 is 10.3 Å². The van der Waals surface area contributed by atoms with Crippen LogP contribution in [0.15, 0.2) is 85.1 Å². The normalized spacial score (nSPS) is 13.9. The maximum absolute atomic E-state index is 13.1. The number of halogens is 3. The van der Waals surface area contributed by atoms with Gasteiger partial charge in [0.05, 0.1) is 5.56 Å². The molecule has 4 nitrogen and oxygen atoms in total. The number of benzene rings is 3. The van der Waals surface area contributed by atoms with Crippen molar-refractivity contribution in [2.75, 3.05) is 11.9 Å². The molecule has 0 fully saturated rings. The molecule has 5 rings (SSSR count). The SMILES string of the molecule is O=C(Nc1ccc2c(c1)CCN(Cc1ccc[nH]1)C2)c1ccccc1-c1ccc(C(F)(F)F)cc1. The van der Waals surface area contributed by atoms with Gasteiger partial charge in [-0.1, -0.05) is 36.4 Å². The minimum absolute atomic E-state index is 0.301. The van der Waals surface area contributed by atoms with Gasteiger partial charge >= 0.3 is 6.18 Å². The Morgan fingerprint density at radius 1 is 0.943 bits per heavy atom. The predicted molar refractivity (Wildman–Crippen MR) is 130 cm³/mol. The molecule has 35 heavy (non-hydrogen) atoms. The van der Waals surface area contributed by atoms with Gasteiger partial charge in [0, 0.05) is 42.8 Å². The summed E-state index contributed by atoms with van der Waals surface area (Å²) in [5.74, 6) is -0.301. The highest BCUT2D eigenvalue weighted by Gasteiger charge is 2.30. The zero-order valence-electron chi connectivity index (χ0n) is 18.9. The number of H-pyrrole nitrogens is 1. The number of aromatic amines is 1. The molecule has 0 unspecified atom stereocenters. The van der Waals surface area contributed by atoms with Crippen LogP contribution in [0.25, 0.3) is 11.1 Å². The number of carbonyl (C=O) groups is 1. The lowest BCUT2D eigenvalue weighted by Gasteiger charge is -2.28. The van der Waals surface area contributed by atoms with Crippen LogP contribution in [0.3, 0.4) is 0 Å². The molecule has 1 aliphatic rings. The van der Waals surface area contributed by atoms with Crippen molar-refractivity contribution in [1.29, 1.82) is 0 Å². The van der Waals surface area contributed by atoms with Crippen LogP contribution in [0.1, 0.15) is 32.7 Å². The van der Waals surface area contributed by atoms with E-state index in [2.05, 4.69) is 21.3 Å². The fourth-order valence-electron chi connectivity index (χ4n) is 4.50. The van der Waals surface area contributed by atoms with Gasteiger partial charge in [-0.2, -0.15) is 13.2 Å². The topological polar surface area (TPSA) is 48.1 Å². The van der Waals surface area contributed by atoms with Gasteiger partial charge in [0.1, 0.15) is 0 Å². The summed E-state index contributed by atoms with van der Waals surface area (Å²) in [6, 6.07) is 21.8. The number of fused-ring (bicyclic) bond motifs is 1. The molecule has 2 N–H and O–H groups in total. The molecule has 0 spiro atoms. The Labute approximate surface area is 201 Å². The van der Waals surface area contributed by atoms with Crippen LogP contribution in [0.5, 0.6) is 0 Å². The zero-order chi connectivity index (χ0) is 24.4. The molecular formula is C28H24F3N3O. The quantitative estimate of drug-likeness (QED) is 0.346. The summed E-state index contributed by atoms with van der Waals surface area (Å²) < 4.78 is 38.8. The van der Waals surface area contributed by atoms with Crippen molar-refractivity contribution < 1.29 is 18.0 Å². The minimum Gasteiger partial charge on any atom is -0.364 e. The van der Waals surface area contributed by atoms with Crippen molar-refractivity contribution in [2.24, 2.45) is 0 Å². The van der Waals surface area contributed by atoms with E-state index < -0.39 is 11.7 Å². The molecule has 1 aliphatic heterocycles. The fraction of sp³-hybridized carbons (Fsp3) is 0.179. The summed E-state index contributed by atoms with van der Waals surface area (Å²) in [6.07, 6.45) is -1.58. The number of anilines is 1. The Morgan fingerprint density at radius 2 is 1.74 bits per heavy atom. The van der Waals surface area contributed by atoms with Crippen molar-refractivity contribution >= 4 is 11.6 Å². The van der Waals surface area contributed by atoms with E-state index in [0.29, 0.717) is 22.4 Å². The fourth-order valence-corrected chi connectivity index (χ4v) is 4.50. The third-order valence-corrected chi connectivity index (χ3v) is 6.31. The lowest BCUT2D eigenvalue weighted by molar-refractivity contribution is -0.137. The molecule has 0 radical (unpaired) electrons. The minimum atomic E-state index is -4.40. The Hall–Kier alpha value is -3.84. The van der Waals surface area contributed by atoms with Gasteiger partial charge in [0.25, 0.3) is 5.91 Å². The van der Waals surface area contributed by atoms with Gasteiger partial charge in [-0.15, -0.1) is 0 Å². The Balaban J connectivity index is 1.31. The van der Waals surface area contributed by atoms with E-state index in [1.165, 1.54) is 29.0 Å². The smallest absolute Gasteiger partial charge is 0.364 e. The van der Waals surface area contributed by atoms with E-state index in [1.54, 1.807) is 24.3 Å². The maximum Gasteiger partial charge on any atom is 0.416 e. The largest absolute Gasteiger partial charge is 0.416 e. The highest BCUT2D eigenvalue weighted by atomic mass is 19.4. The van der Waals surface area contributed by atoms with Crippen LogP contribution in [0.2, 0.25) is 0 Å². The number of hydrogen-bond donors (Lipinski definition) is 2. The van der Waals surface area contributed by atoms with Gasteiger partial charge in [-0.05, 0) is 71.1 Å².